The van der Waals surface area contributed by atoms with Gasteiger partial charge in [-0.2, -0.15) is 5.10 Å². The van der Waals surface area contributed by atoms with Crippen LogP contribution in [0, 0.1) is 0 Å². The topological polar surface area (TPSA) is 24.4 Å². The second-order valence-corrected chi connectivity index (χ2v) is 2.09. The van der Waals surface area contributed by atoms with E-state index in [0.29, 0.717) is 6.04 Å². The fraction of sp³-hybridized carbons (Fsp3) is 0.571. The summed E-state index contributed by atoms with van der Waals surface area (Å²) in [5.41, 5.74) is 2.90. The van der Waals surface area contributed by atoms with Crippen LogP contribution < -0.4 is 5.43 Å². The van der Waals surface area contributed by atoms with Gasteiger partial charge in [0.15, 0.2) is 0 Å². The molecule has 0 aliphatic carbocycles. The quantitative estimate of drug-likeness (QED) is 0.450. The van der Waals surface area contributed by atoms with Crippen molar-refractivity contribution in [2.24, 2.45) is 5.10 Å². The molecule has 0 saturated carbocycles. The average Bonchev–Trinajstić information content (AvgIpc) is 1.80. The highest BCUT2D eigenvalue weighted by Crippen LogP contribution is 1.73. The van der Waals surface area contributed by atoms with Gasteiger partial charge < -0.3 is 5.43 Å². The Bertz CT molecular complexity index is 103. The van der Waals surface area contributed by atoms with Gasteiger partial charge in [0.1, 0.15) is 0 Å². The molecule has 0 bridgehead atoms. The standard InChI is InChI=1S/C7H14N2/c1-4-5-6-8-9-7(2)3/h4-7,9H,1-3H3. The zero-order valence-electron chi connectivity index (χ0n) is 6.26. The number of rotatable bonds is 3. The second kappa shape index (κ2) is 5.35. The van der Waals surface area contributed by atoms with Gasteiger partial charge in [-0.15, -0.1) is 0 Å². The first-order valence-electron chi connectivity index (χ1n) is 3.17. The Kier molecular flexibility index (Phi) is 4.88. The van der Waals surface area contributed by atoms with Gasteiger partial charge in [0, 0.05) is 12.3 Å². The Labute approximate surface area is 56.7 Å². The molecule has 0 amide bonds. The fourth-order valence-corrected chi connectivity index (χ4v) is 0.321. The second-order valence-electron chi connectivity index (χ2n) is 2.09. The van der Waals surface area contributed by atoms with Gasteiger partial charge in [0.2, 0.25) is 0 Å². The highest BCUT2D eigenvalue weighted by molar-refractivity contribution is 5.70. The average molecular weight is 126 g/mol. The van der Waals surface area contributed by atoms with Crippen LogP contribution in [0.2, 0.25) is 0 Å². The Hall–Kier alpha value is -0.790. The van der Waals surface area contributed by atoms with Crippen LogP contribution in [0.5, 0.6) is 0 Å². The molecule has 0 aromatic carbocycles. The first-order valence-corrected chi connectivity index (χ1v) is 3.17. The largest absolute Gasteiger partial charge is 0.308 e. The summed E-state index contributed by atoms with van der Waals surface area (Å²) < 4.78 is 0. The molecular formula is C7H14N2. The van der Waals surface area contributed by atoms with E-state index in [1.54, 1.807) is 6.21 Å². The van der Waals surface area contributed by atoms with Crippen molar-refractivity contribution in [2.75, 3.05) is 0 Å². The fourth-order valence-electron chi connectivity index (χ4n) is 0.321. The molecule has 0 aliphatic heterocycles. The molecule has 52 valence electrons. The molecule has 0 aliphatic rings. The van der Waals surface area contributed by atoms with Crippen LogP contribution in [0.4, 0.5) is 0 Å². The summed E-state index contributed by atoms with van der Waals surface area (Å²) >= 11 is 0. The predicted octanol–water partition coefficient (Wildman–Crippen LogP) is 1.55. The minimum Gasteiger partial charge on any atom is -0.308 e. The van der Waals surface area contributed by atoms with E-state index in [1.165, 1.54) is 0 Å². The zero-order chi connectivity index (χ0) is 7.11. The molecule has 0 heterocycles. The summed E-state index contributed by atoms with van der Waals surface area (Å²) in [6.45, 7) is 6.06. The van der Waals surface area contributed by atoms with E-state index in [0.717, 1.165) is 0 Å². The molecule has 2 heteroatoms. The number of hydrazone groups is 1. The van der Waals surface area contributed by atoms with Gasteiger partial charge in [-0.25, -0.2) is 0 Å². The maximum atomic E-state index is 3.90. The van der Waals surface area contributed by atoms with Gasteiger partial charge in [0.05, 0.1) is 0 Å². The van der Waals surface area contributed by atoms with Crippen LogP contribution in [-0.2, 0) is 0 Å². The molecule has 9 heavy (non-hydrogen) atoms. The van der Waals surface area contributed by atoms with Gasteiger partial charge in [0.25, 0.3) is 0 Å². The first-order chi connectivity index (χ1) is 4.27. The molecule has 0 unspecified atom stereocenters. The highest BCUT2D eigenvalue weighted by Gasteiger charge is 1.81. The molecule has 0 aromatic rings. The molecular weight excluding hydrogens is 112 g/mol. The Morgan fingerprint density at radius 1 is 1.44 bits per heavy atom. The van der Waals surface area contributed by atoms with Gasteiger partial charge in [-0.1, -0.05) is 6.08 Å². The van der Waals surface area contributed by atoms with E-state index >= 15 is 0 Å². The maximum absolute atomic E-state index is 3.90. The zero-order valence-corrected chi connectivity index (χ0v) is 6.26. The molecule has 0 rings (SSSR count). The van der Waals surface area contributed by atoms with Crippen molar-refractivity contribution in [3.8, 4) is 0 Å². The lowest BCUT2D eigenvalue weighted by Gasteiger charge is -1.99. The van der Waals surface area contributed by atoms with E-state index in [4.69, 9.17) is 0 Å². The number of hydrogen-bond acceptors (Lipinski definition) is 2. The Morgan fingerprint density at radius 2 is 2.11 bits per heavy atom. The normalized spacial score (nSPS) is 12.0. The molecule has 0 spiro atoms. The molecule has 0 aromatic heterocycles. The Morgan fingerprint density at radius 3 is 2.56 bits per heavy atom. The van der Waals surface area contributed by atoms with Crippen LogP contribution >= 0.6 is 0 Å². The molecule has 0 saturated heterocycles. The third-order valence-electron chi connectivity index (χ3n) is 0.686. The van der Waals surface area contributed by atoms with Gasteiger partial charge in [-0.05, 0) is 26.8 Å². The van der Waals surface area contributed by atoms with E-state index in [9.17, 15) is 0 Å². The van der Waals surface area contributed by atoms with Crippen LogP contribution in [0.3, 0.4) is 0 Å². The maximum Gasteiger partial charge on any atom is 0.0464 e. The summed E-state index contributed by atoms with van der Waals surface area (Å²) in [6.07, 6.45) is 5.56. The van der Waals surface area contributed by atoms with Crippen LogP contribution in [0.25, 0.3) is 0 Å². The third kappa shape index (κ3) is 7.21. The van der Waals surface area contributed by atoms with E-state index < -0.39 is 0 Å². The minimum atomic E-state index is 0.423. The lowest BCUT2D eigenvalue weighted by atomic mass is 10.4. The number of nitrogens with one attached hydrogen (secondary N) is 1. The van der Waals surface area contributed by atoms with Crippen molar-refractivity contribution in [1.82, 2.24) is 5.43 Å². The Balaban J connectivity index is 3.25. The lowest BCUT2D eigenvalue weighted by molar-refractivity contribution is 0.623. The molecule has 0 radical (unpaired) electrons. The smallest absolute Gasteiger partial charge is 0.0464 e. The summed E-state index contributed by atoms with van der Waals surface area (Å²) in [6, 6.07) is 0.423. The van der Waals surface area contributed by atoms with Crippen molar-refractivity contribution in [3.63, 3.8) is 0 Å². The summed E-state index contributed by atoms with van der Waals surface area (Å²) in [5.74, 6) is 0. The summed E-state index contributed by atoms with van der Waals surface area (Å²) in [7, 11) is 0. The van der Waals surface area contributed by atoms with Crippen molar-refractivity contribution < 1.29 is 0 Å². The molecule has 2 nitrogen and oxygen atoms in total. The van der Waals surface area contributed by atoms with Crippen LogP contribution in [0.1, 0.15) is 20.8 Å². The highest BCUT2D eigenvalue weighted by atomic mass is 15.3. The van der Waals surface area contributed by atoms with E-state index in [1.807, 2.05) is 32.9 Å². The van der Waals surface area contributed by atoms with Gasteiger partial charge >= 0.3 is 0 Å². The molecule has 0 fully saturated rings. The SMILES string of the molecule is CC=CC=NNC(C)C. The summed E-state index contributed by atoms with van der Waals surface area (Å²) in [5, 5.41) is 3.90. The third-order valence-corrected chi connectivity index (χ3v) is 0.686. The van der Waals surface area contributed by atoms with Crippen molar-refractivity contribution in [3.05, 3.63) is 12.2 Å². The van der Waals surface area contributed by atoms with Crippen LogP contribution in [0.15, 0.2) is 17.3 Å². The minimum absolute atomic E-state index is 0.423. The number of nitrogens with zero attached hydrogens (tertiary/aromatic N) is 1. The van der Waals surface area contributed by atoms with Crippen LogP contribution in [-0.4, -0.2) is 12.3 Å². The predicted molar refractivity (Wildman–Crippen MR) is 41.6 cm³/mol. The van der Waals surface area contributed by atoms with E-state index in [-0.39, 0.29) is 0 Å². The number of hydrogen-bond donors (Lipinski definition) is 1. The summed E-state index contributed by atoms with van der Waals surface area (Å²) in [4.78, 5) is 0. The molecule has 1 N–H and O–H groups in total. The molecule has 0 atom stereocenters. The van der Waals surface area contributed by atoms with E-state index in [2.05, 4.69) is 10.5 Å². The lowest BCUT2D eigenvalue weighted by Crippen LogP contribution is -2.15. The first kappa shape index (κ1) is 8.21. The van der Waals surface area contributed by atoms with Gasteiger partial charge in [-0.3, -0.25) is 0 Å². The van der Waals surface area contributed by atoms with Crippen molar-refractivity contribution in [1.29, 1.82) is 0 Å². The monoisotopic (exact) mass is 126 g/mol. The van der Waals surface area contributed by atoms with Crippen molar-refractivity contribution >= 4 is 6.21 Å². The number of allylic oxidation sites excluding steroid dienone is 2. The van der Waals surface area contributed by atoms with Crippen molar-refractivity contribution in [2.45, 2.75) is 26.8 Å².